The van der Waals surface area contributed by atoms with E-state index in [-0.39, 0.29) is 6.54 Å². The zero-order valence-corrected chi connectivity index (χ0v) is 12.6. The van der Waals surface area contributed by atoms with Crippen LogP contribution in [0.5, 0.6) is 11.5 Å². The van der Waals surface area contributed by atoms with Crippen molar-refractivity contribution >= 4 is 22.5 Å². The Morgan fingerprint density at radius 3 is 2.68 bits per heavy atom. The number of aromatic nitrogens is 1. The maximum Gasteiger partial charge on any atom is 0.236 e. The van der Waals surface area contributed by atoms with Crippen molar-refractivity contribution in [3.05, 3.63) is 23.9 Å². The van der Waals surface area contributed by atoms with Gasteiger partial charge >= 0.3 is 0 Å². The molecule has 0 aliphatic heterocycles. The summed E-state index contributed by atoms with van der Waals surface area (Å²) in [7, 11) is 4.75. The number of hydrogen-bond donors (Lipinski definition) is 1. The van der Waals surface area contributed by atoms with Crippen molar-refractivity contribution in [1.29, 1.82) is 5.26 Å². The number of anilines is 1. The van der Waals surface area contributed by atoms with E-state index >= 15 is 0 Å². The summed E-state index contributed by atoms with van der Waals surface area (Å²) in [6.07, 6.45) is 1.45. The number of pyridine rings is 1. The predicted molar refractivity (Wildman–Crippen MR) is 82.0 cm³/mol. The molecular weight excluding hydrogens is 284 g/mol. The Bertz CT molecular complexity index is 767. The van der Waals surface area contributed by atoms with E-state index in [1.54, 1.807) is 24.1 Å². The summed E-state index contributed by atoms with van der Waals surface area (Å²) in [6, 6.07) is 5.54. The van der Waals surface area contributed by atoms with Gasteiger partial charge in [-0.1, -0.05) is 0 Å². The minimum atomic E-state index is -0.494. The summed E-state index contributed by atoms with van der Waals surface area (Å²) in [6.45, 7) is -0.0205. The van der Waals surface area contributed by atoms with Crippen LogP contribution < -0.4 is 20.1 Å². The molecule has 2 aromatic rings. The predicted octanol–water partition coefficient (Wildman–Crippen LogP) is 1.05. The van der Waals surface area contributed by atoms with E-state index in [1.165, 1.54) is 20.4 Å². The summed E-state index contributed by atoms with van der Waals surface area (Å²) >= 11 is 0. The number of amides is 1. The lowest BCUT2D eigenvalue weighted by Gasteiger charge is -2.21. The first-order chi connectivity index (χ1) is 10.5. The van der Waals surface area contributed by atoms with Gasteiger partial charge in [0.05, 0.1) is 32.0 Å². The van der Waals surface area contributed by atoms with Crippen LogP contribution in [0.1, 0.15) is 5.56 Å². The molecule has 2 N–H and O–H groups in total. The number of fused-ring (bicyclic) bond motifs is 1. The Balaban J connectivity index is 2.80. The molecule has 7 nitrogen and oxygen atoms in total. The number of carbonyl (C=O) groups excluding carboxylic acids is 1. The van der Waals surface area contributed by atoms with Crippen molar-refractivity contribution < 1.29 is 14.3 Å². The van der Waals surface area contributed by atoms with Crippen LogP contribution in [0.15, 0.2) is 18.3 Å². The molecule has 0 spiro atoms. The summed E-state index contributed by atoms with van der Waals surface area (Å²) in [4.78, 5) is 17.1. The standard InChI is InChI=1S/C15H16N4O3/c1-19(8-13(17)20)15-9(6-16)7-18-14-11(15)4-10(21-2)5-12(14)22-3/h4-5,7H,8H2,1-3H3,(H2,17,20). The molecule has 1 heterocycles. The smallest absolute Gasteiger partial charge is 0.236 e. The van der Waals surface area contributed by atoms with Crippen LogP contribution in [0.2, 0.25) is 0 Å². The number of methoxy groups -OCH3 is 2. The van der Waals surface area contributed by atoms with Crippen LogP contribution in [0.3, 0.4) is 0 Å². The van der Waals surface area contributed by atoms with Gasteiger partial charge in [0.15, 0.2) is 0 Å². The van der Waals surface area contributed by atoms with Crippen molar-refractivity contribution in [3.8, 4) is 17.6 Å². The number of likely N-dealkylation sites (N-methyl/N-ethyl adjacent to an activating group) is 1. The molecule has 0 radical (unpaired) electrons. The lowest BCUT2D eigenvalue weighted by Crippen LogP contribution is -2.31. The highest BCUT2D eigenvalue weighted by atomic mass is 16.5. The average Bonchev–Trinajstić information content (AvgIpc) is 2.51. The first-order valence-electron chi connectivity index (χ1n) is 6.46. The Labute approximate surface area is 127 Å². The fourth-order valence-electron chi connectivity index (χ4n) is 2.31. The van der Waals surface area contributed by atoms with Crippen molar-refractivity contribution in [2.75, 3.05) is 32.7 Å². The zero-order chi connectivity index (χ0) is 16.3. The van der Waals surface area contributed by atoms with Crippen molar-refractivity contribution in [1.82, 2.24) is 4.98 Å². The third-order valence-electron chi connectivity index (χ3n) is 3.23. The number of nitrogens with two attached hydrogens (primary N) is 1. The summed E-state index contributed by atoms with van der Waals surface area (Å²) in [5, 5.41) is 9.97. The van der Waals surface area contributed by atoms with Gasteiger partial charge in [-0.2, -0.15) is 5.26 Å². The van der Waals surface area contributed by atoms with Gasteiger partial charge in [0.2, 0.25) is 5.91 Å². The topological polar surface area (TPSA) is 101 Å². The largest absolute Gasteiger partial charge is 0.497 e. The Morgan fingerprint density at radius 2 is 2.14 bits per heavy atom. The highest BCUT2D eigenvalue weighted by molar-refractivity contribution is 5.99. The van der Waals surface area contributed by atoms with Crippen LogP contribution in [0.4, 0.5) is 5.69 Å². The average molecular weight is 300 g/mol. The van der Waals surface area contributed by atoms with Gasteiger partial charge in [-0.25, -0.2) is 0 Å². The van der Waals surface area contributed by atoms with Crippen LogP contribution in [0, 0.1) is 11.3 Å². The molecule has 0 aliphatic carbocycles. The first kappa shape index (κ1) is 15.4. The molecule has 1 aromatic carbocycles. The van der Waals surface area contributed by atoms with Gasteiger partial charge in [0, 0.05) is 24.7 Å². The van der Waals surface area contributed by atoms with Gasteiger partial charge in [0.25, 0.3) is 0 Å². The number of hydrogen-bond acceptors (Lipinski definition) is 6. The van der Waals surface area contributed by atoms with Crippen LogP contribution in [-0.4, -0.2) is 38.7 Å². The third-order valence-corrected chi connectivity index (χ3v) is 3.23. The number of ether oxygens (including phenoxy) is 2. The fourth-order valence-corrected chi connectivity index (χ4v) is 2.31. The molecule has 1 amide bonds. The quantitative estimate of drug-likeness (QED) is 0.885. The molecule has 0 saturated heterocycles. The minimum Gasteiger partial charge on any atom is -0.497 e. The molecule has 1 aromatic heterocycles. The monoisotopic (exact) mass is 300 g/mol. The van der Waals surface area contributed by atoms with Crippen LogP contribution >= 0.6 is 0 Å². The Morgan fingerprint density at radius 1 is 1.41 bits per heavy atom. The summed E-state index contributed by atoms with van der Waals surface area (Å²) in [5.41, 5.74) is 6.73. The SMILES string of the molecule is COc1cc(OC)c2ncc(C#N)c(N(C)CC(N)=O)c2c1. The molecule has 0 unspecified atom stereocenters. The number of benzene rings is 1. The lowest BCUT2D eigenvalue weighted by atomic mass is 10.1. The summed E-state index contributed by atoms with van der Waals surface area (Å²) < 4.78 is 10.6. The number of primary amides is 1. The molecule has 0 fully saturated rings. The van der Waals surface area contributed by atoms with Crippen molar-refractivity contribution in [2.45, 2.75) is 0 Å². The maximum atomic E-state index is 11.2. The second-order valence-corrected chi connectivity index (χ2v) is 4.68. The van der Waals surface area contributed by atoms with Crippen molar-refractivity contribution in [3.63, 3.8) is 0 Å². The highest BCUT2D eigenvalue weighted by Crippen LogP contribution is 2.36. The molecule has 22 heavy (non-hydrogen) atoms. The van der Waals surface area contributed by atoms with E-state index < -0.39 is 5.91 Å². The highest BCUT2D eigenvalue weighted by Gasteiger charge is 2.18. The molecular formula is C15H16N4O3. The minimum absolute atomic E-state index is 0.0205. The van der Waals surface area contributed by atoms with E-state index in [0.29, 0.717) is 33.7 Å². The van der Waals surface area contributed by atoms with Gasteiger partial charge in [0.1, 0.15) is 23.1 Å². The van der Waals surface area contributed by atoms with Crippen LogP contribution in [-0.2, 0) is 4.79 Å². The van der Waals surface area contributed by atoms with Gasteiger partial charge < -0.3 is 20.1 Å². The molecule has 7 heteroatoms. The number of nitriles is 1. The third kappa shape index (κ3) is 2.72. The van der Waals surface area contributed by atoms with E-state index in [9.17, 15) is 10.1 Å². The van der Waals surface area contributed by atoms with Crippen molar-refractivity contribution in [2.24, 2.45) is 5.73 Å². The van der Waals surface area contributed by atoms with E-state index in [2.05, 4.69) is 11.1 Å². The summed E-state index contributed by atoms with van der Waals surface area (Å²) in [5.74, 6) is 0.591. The van der Waals surface area contributed by atoms with E-state index in [1.807, 2.05) is 0 Å². The normalized spacial score (nSPS) is 10.1. The fraction of sp³-hybridized carbons (Fsp3) is 0.267. The van der Waals surface area contributed by atoms with Gasteiger partial charge in [-0.05, 0) is 6.07 Å². The van der Waals surface area contributed by atoms with E-state index in [4.69, 9.17) is 15.2 Å². The maximum absolute atomic E-state index is 11.2. The van der Waals surface area contributed by atoms with Gasteiger partial charge in [-0.3, -0.25) is 9.78 Å². The number of rotatable bonds is 5. The first-order valence-corrected chi connectivity index (χ1v) is 6.46. The van der Waals surface area contributed by atoms with Gasteiger partial charge in [-0.15, -0.1) is 0 Å². The molecule has 0 bridgehead atoms. The second-order valence-electron chi connectivity index (χ2n) is 4.68. The Hall–Kier alpha value is -3.01. The molecule has 0 atom stereocenters. The molecule has 0 aliphatic rings. The zero-order valence-electron chi connectivity index (χ0n) is 12.6. The molecule has 114 valence electrons. The second kappa shape index (κ2) is 6.18. The number of carbonyl (C=O) groups is 1. The van der Waals surface area contributed by atoms with Crippen LogP contribution in [0.25, 0.3) is 10.9 Å². The number of nitrogens with zero attached hydrogens (tertiary/aromatic N) is 3. The lowest BCUT2D eigenvalue weighted by molar-refractivity contribution is -0.116. The molecule has 2 rings (SSSR count). The Kier molecular flexibility index (Phi) is 4.32. The van der Waals surface area contributed by atoms with E-state index in [0.717, 1.165) is 0 Å². The molecule has 0 saturated carbocycles.